The molecule has 0 radical (unpaired) electrons. The van der Waals surface area contributed by atoms with Crippen molar-refractivity contribution in [2.45, 2.75) is 45.2 Å². The largest absolute Gasteiger partial charge is 0.480 e. The van der Waals surface area contributed by atoms with Crippen LogP contribution in [-0.4, -0.2) is 65.1 Å². The minimum Gasteiger partial charge on any atom is -0.480 e. The van der Waals surface area contributed by atoms with Crippen molar-refractivity contribution in [2.75, 3.05) is 23.4 Å². The molecule has 1 aromatic carbocycles. The number of hydrogen-bond acceptors (Lipinski definition) is 6. The van der Waals surface area contributed by atoms with Crippen molar-refractivity contribution in [1.82, 2.24) is 19.6 Å². The molecule has 3 amide bonds. The number of carboxylic acid groups (broad SMARTS) is 1. The van der Waals surface area contributed by atoms with Gasteiger partial charge in [-0.1, -0.05) is 25.1 Å². The predicted molar refractivity (Wildman–Crippen MR) is 154 cm³/mol. The number of rotatable bonds is 10. The topological polar surface area (TPSA) is 174 Å². The number of nitrogens with zero attached hydrogens (tertiary/aromatic N) is 2. The minimum atomic E-state index is -3.71. The minimum absolute atomic E-state index is 0.0647. The van der Waals surface area contributed by atoms with E-state index in [1.807, 2.05) is 31.2 Å². The molecule has 5 N–H and O–H groups in total. The van der Waals surface area contributed by atoms with Gasteiger partial charge >= 0.3 is 12.0 Å². The first-order chi connectivity index (χ1) is 19.4. The van der Waals surface area contributed by atoms with Crippen LogP contribution in [0.5, 0.6) is 0 Å². The molecule has 3 unspecified atom stereocenters. The summed E-state index contributed by atoms with van der Waals surface area (Å²) in [6.07, 6.45) is 4.97. The second-order valence-corrected chi connectivity index (χ2v) is 12.1. The summed E-state index contributed by atoms with van der Waals surface area (Å²) >= 11 is 0. The van der Waals surface area contributed by atoms with Crippen molar-refractivity contribution in [2.24, 2.45) is 5.92 Å². The Kier molecular flexibility index (Phi) is 9.08. The van der Waals surface area contributed by atoms with E-state index < -0.39 is 28.1 Å². The number of hydrogen-bond donors (Lipinski definition) is 5. The number of benzene rings is 1. The maximum absolute atomic E-state index is 13.3. The number of carbonyl (C=O) groups is 3. The smallest absolute Gasteiger partial charge is 0.323 e. The maximum atomic E-state index is 13.3. The molecule has 3 aromatic rings. The number of amides is 3. The number of carboxylic acids is 1. The van der Waals surface area contributed by atoms with E-state index in [1.165, 1.54) is 6.20 Å². The van der Waals surface area contributed by atoms with Gasteiger partial charge in [0.15, 0.2) is 0 Å². The number of nitrogens with one attached hydrogen (secondary N) is 4. The zero-order valence-electron chi connectivity index (χ0n) is 23.0. The average Bonchev–Trinajstić information content (AvgIpc) is 3.51. The number of likely N-dealkylation sites (tertiary alicyclic amines) is 1. The number of aromatic amines is 1. The molecule has 0 spiro atoms. The Morgan fingerprint density at radius 2 is 1.93 bits per heavy atom. The van der Waals surface area contributed by atoms with Crippen molar-refractivity contribution in [1.29, 1.82) is 0 Å². The summed E-state index contributed by atoms with van der Waals surface area (Å²) in [5, 5.41) is 15.0. The first-order valence-corrected chi connectivity index (χ1v) is 15.0. The van der Waals surface area contributed by atoms with E-state index >= 15 is 0 Å². The quantitative estimate of drug-likeness (QED) is 0.244. The van der Waals surface area contributed by atoms with Crippen LogP contribution in [-0.2, 0) is 32.5 Å². The highest BCUT2D eigenvalue weighted by Gasteiger charge is 2.36. The lowest BCUT2D eigenvalue weighted by molar-refractivity contribution is -0.139. The molecule has 0 bridgehead atoms. The third-order valence-corrected chi connectivity index (χ3v) is 7.73. The van der Waals surface area contributed by atoms with E-state index in [9.17, 15) is 27.9 Å². The van der Waals surface area contributed by atoms with Crippen LogP contribution in [0.3, 0.4) is 0 Å². The number of para-hydroxylation sites is 1. The highest BCUT2D eigenvalue weighted by molar-refractivity contribution is 7.88. The number of H-pyrrole nitrogens is 1. The molecule has 2 aromatic heterocycles. The van der Waals surface area contributed by atoms with E-state index in [4.69, 9.17) is 0 Å². The van der Waals surface area contributed by atoms with Crippen molar-refractivity contribution in [3.05, 3.63) is 77.4 Å². The van der Waals surface area contributed by atoms with E-state index in [0.29, 0.717) is 29.3 Å². The second kappa shape index (κ2) is 12.5. The number of aromatic nitrogens is 2. The van der Waals surface area contributed by atoms with Gasteiger partial charge in [-0.25, -0.2) is 17.9 Å². The summed E-state index contributed by atoms with van der Waals surface area (Å²) in [5.41, 5.74) is 4.07. The van der Waals surface area contributed by atoms with Crippen LogP contribution in [0.4, 0.5) is 16.2 Å². The van der Waals surface area contributed by atoms with Gasteiger partial charge in [0.05, 0.1) is 30.6 Å². The van der Waals surface area contributed by atoms with Gasteiger partial charge < -0.3 is 25.6 Å². The SMILES string of the molecule is Cc1ccccc1NC(=O)Nc1ccc(CC(=O)N2CCC(C)C2c2c[nH]c(CC(NS(C)(=O)=O)C(=O)O)c2)nc1. The fourth-order valence-corrected chi connectivity index (χ4v) is 5.70. The highest BCUT2D eigenvalue weighted by atomic mass is 32.2. The van der Waals surface area contributed by atoms with Gasteiger partial charge in [0.25, 0.3) is 0 Å². The molecule has 0 aliphatic carbocycles. The van der Waals surface area contributed by atoms with Gasteiger partial charge in [-0.2, -0.15) is 0 Å². The van der Waals surface area contributed by atoms with Crippen LogP contribution in [0.15, 0.2) is 54.9 Å². The van der Waals surface area contributed by atoms with Crippen molar-refractivity contribution < 1.29 is 27.9 Å². The molecule has 3 heterocycles. The Hall–Kier alpha value is -4.23. The number of pyridine rings is 1. The van der Waals surface area contributed by atoms with Gasteiger partial charge in [0.2, 0.25) is 15.9 Å². The van der Waals surface area contributed by atoms with Crippen LogP contribution >= 0.6 is 0 Å². The molecule has 1 aliphatic rings. The summed E-state index contributed by atoms with van der Waals surface area (Å²) in [7, 11) is -3.71. The number of carbonyl (C=O) groups excluding carboxylic acids is 2. The van der Waals surface area contributed by atoms with E-state index in [2.05, 4.69) is 32.2 Å². The summed E-state index contributed by atoms with van der Waals surface area (Å²) < 4.78 is 25.2. The van der Waals surface area contributed by atoms with Crippen LogP contribution < -0.4 is 15.4 Å². The number of aryl methyl sites for hydroxylation is 1. The number of urea groups is 1. The van der Waals surface area contributed by atoms with Crippen LogP contribution in [0.1, 0.15) is 41.9 Å². The molecule has 3 atom stereocenters. The third kappa shape index (κ3) is 7.92. The summed E-state index contributed by atoms with van der Waals surface area (Å²) in [6, 6.07) is 10.7. The first-order valence-electron chi connectivity index (χ1n) is 13.1. The predicted octanol–water partition coefficient (Wildman–Crippen LogP) is 3.06. The fourth-order valence-electron chi connectivity index (χ4n) is 5.00. The van der Waals surface area contributed by atoms with Gasteiger partial charge in [0, 0.05) is 36.2 Å². The zero-order chi connectivity index (χ0) is 29.7. The second-order valence-electron chi connectivity index (χ2n) is 10.4. The Balaban J connectivity index is 1.37. The maximum Gasteiger partial charge on any atom is 0.323 e. The van der Waals surface area contributed by atoms with Crippen molar-refractivity contribution in [3.8, 4) is 0 Å². The normalized spacial score (nSPS) is 17.7. The molecule has 1 aliphatic heterocycles. The average molecular weight is 583 g/mol. The number of anilines is 2. The zero-order valence-corrected chi connectivity index (χ0v) is 23.9. The third-order valence-electron chi connectivity index (χ3n) is 7.01. The Morgan fingerprint density at radius 1 is 1.17 bits per heavy atom. The molecule has 41 heavy (non-hydrogen) atoms. The lowest BCUT2D eigenvalue weighted by Crippen LogP contribution is -2.41. The Bertz CT molecular complexity index is 1520. The lowest BCUT2D eigenvalue weighted by Gasteiger charge is -2.26. The first kappa shape index (κ1) is 29.7. The van der Waals surface area contributed by atoms with Gasteiger partial charge in [-0.3, -0.25) is 14.6 Å². The van der Waals surface area contributed by atoms with Crippen LogP contribution in [0.25, 0.3) is 0 Å². The van der Waals surface area contributed by atoms with Gasteiger partial charge in [-0.15, -0.1) is 0 Å². The van der Waals surface area contributed by atoms with E-state index in [0.717, 1.165) is 23.8 Å². The Morgan fingerprint density at radius 3 is 2.59 bits per heavy atom. The molecule has 0 saturated carbocycles. The number of aliphatic carboxylic acids is 1. The van der Waals surface area contributed by atoms with Crippen molar-refractivity contribution in [3.63, 3.8) is 0 Å². The molecule has 218 valence electrons. The molecule has 1 fully saturated rings. The molecule has 13 heteroatoms. The molecular weight excluding hydrogens is 548 g/mol. The van der Waals surface area contributed by atoms with Gasteiger partial charge in [-0.05, 0) is 54.7 Å². The molecule has 4 rings (SSSR count). The summed E-state index contributed by atoms with van der Waals surface area (Å²) in [4.78, 5) is 46.4. The van der Waals surface area contributed by atoms with E-state index in [1.54, 1.807) is 29.3 Å². The molecular formula is C28H34N6O6S. The highest BCUT2D eigenvalue weighted by Crippen LogP contribution is 2.37. The summed E-state index contributed by atoms with van der Waals surface area (Å²) in [6.45, 7) is 4.52. The fraction of sp³-hybridized carbons (Fsp3) is 0.357. The molecule has 1 saturated heterocycles. The van der Waals surface area contributed by atoms with Crippen molar-refractivity contribution >= 4 is 39.3 Å². The van der Waals surface area contributed by atoms with E-state index in [-0.39, 0.29) is 30.7 Å². The summed E-state index contributed by atoms with van der Waals surface area (Å²) in [5.74, 6) is -1.22. The Labute approximate surface area is 238 Å². The van der Waals surface area contributed by atoms with Crippen LogP contribution in [0, 0.1) is 12.8 Å². The standard InChI is InChI=1S/C28H34N6O6S/c1-17-6-4-5-7-23(17)32-28(38)31-21-9-8-20(30-16-21)14-25(35)34-11-10-18(2)26(34)19-12-22(29-15-19)13-24(27(36)37)33-41(3,39)40/h4-9,12,15-16,18,24,26,29,33H,10-11,13-14H2,1-3H3,(H,36,37)(H2,31,32,38). The lowest BCUT2D eigenvalue weighted by atomic mass is 9.97. The molecule has 12 nitrogen and oxygen atoms in total. The van der Waals surface area contributed by atoms with Crippen LogP contribution in [0.2, 0.25) is 0 Å². The monoisotopic (exact) mass is 582 g/mol. The number of sulfonamides is 1. The van der Waals surface area contributed by atoms with Gasteiger partial charge in [0.1, 0.15) is 6.04 Å².